The van der Waals surface area contributed by atoms with Gasteiger partial charge in [-0.2, -0.15) is 5.10 Å². The number of aromatic nitrogens is 2. The third-order valence-electron chi connectivity index (χ3n) is 2.67. The van der Waals surface area contributed by atoms with Gasteiger partial charge in [0.1, 0.15) is 11.3 Å². The molecular weight excluding hydrogens is 234 g/mol. The molecule has 0 radical (unpaired) electrons. The Hall–Kier alpha value is -2.37. The van der Waals surface area contributed by atoms with Crippen molar-refractivity contribution in [2.24, 2.45) is 0 Å². The standard InChI is InChI=1S/C12H13N3O3/c1-8-9(4-6-18-8)7-15(2)11-10(12(16)17)3-5-13-14-11/h3-6H,7H2,1-2H3,(H,16,17). The molecule has 94 valence electrons. The van der Waals surface area contributed by atoms with Gasteiger partial charge >= 0.3 is 5.97 Å². The summed E-state index contributed by atoms with van der Waals surface area (Å²) < 4.78 is 5.20. The van der Waals surface area contributed by atoms with E-state index in [-0.39, 0.29) is 5.56 Å². The van der Waals surface area contributed by atoms with Crippen molar-refractivity contribution in [1.29, 1.82) is 0 Å². The largest absolute Gasteiger partial charge is 0.478 e. The number of furan rings is 1. The Morgan fingerprint density at radius 3 is 2.89 bits per heavy atom. The molecule has 2 heterocycles. The van der Waals surface area contributed by atoms with Crippen molar-refractivity contribution in [3.63, 3.8) is 0 Å². The fraction of sp³-hybridized carbons (Fsp3) is 0.250. The predicted molar refractivity (Wildman–Crippen MR) is 64.5 cm³/mol. The molecule has 0 saturated carbocycles. The molecule has 18 heavy (non-hydrogen) atoms. The molecule has 2 aromatic rings. The van der Waals surface area contributed by atoms with Crippen LogP contribution in [0.15, 0.2) is 29.0 Å². The summed E-state index contributed by atoms with van der Waals surface area (Å²) in [6.07, 6.45) is 2.97. The van der Waals surface area contributed by atoms with Crippen LogP contribution in [-0.4, -0.2) is 28.3 Å². The molecule has 0 bridgehead atoms. The number of hydrogen-bond donors (Lipinski definition) is 1. The van der Waals surface area contributed by atoms with E-state index in [0.29, 0.717) is 12.4 Å². The van der Waals surface area contributed by atoms with E-state index in [1.54, 1.807) is 18.2 Å². The lowest BCUT2D eigenvalue weighted by atomic mass is 10.2. The summed E-state index contributed by atoms with van der Waals surface area (Å²) in [5, 5.41) is 16.7. The first-order valence-corrected chi connectivity index (χ1v) is 5.38. The van der Waals surface area contributed by atoms with E-state index in [4.69, 9.17) is 9.52 Å². The zero-order valence-electron chi connectivity index (χ0n) is 10.1. The molecule has 0 aliphatic carbocycles. The van der Waals surface area contributed by atoms with Gasteiger partial charge in [0.2, 0.25) is 0 Å². The summed E-state index contributed by atoms with van der Waals surface area (Å²) in [7, 11) is 1.77. The molecule has 0 fully saturated rings. The van der Waals surface area contributed by atoms with Crippen molar-refractivity contribution in [1.82, 2.24) is 10.2 Å². The Bertz CT molecular complexity index is 565. The van der Waals surface area contributed by atoms with Crippen molar-refractivity contribution in [2.45, 2.75) is 13.5 Å². The number of hydrogen-bond acceptors (Lipinski definition) is 5. The molecule has 6 heteroatoms. The Morgan fingerprint density at radius 1 is 1.50 bits per heavy atom. The molecule has 2 rings (SSSR count). The molecular formula is C12H13N3O3. The minimum atomic E-state index is -1.02. The van der Waals surface area contributed by atoms with E-state index in [1.807, 2.05) is 13.0 Å². The van der Waals surface area contributed by atoms with Gasteiger partial charge in [-0.3, -0.25) is 0 Å². The summed E-state index contributed by atoms with van der Waals surface area (Å²) in [4.78, 5) is 12.8. The summed E-state index contributed by atoms with van der Waals surface area (Å²) in [6, 6.07) is 3.28. The summed E-state index contributed by atoms with van der Waals surface area (Å²) in [5.41, 5.74) is 1.12. The minimum absolute atomic E-state index is 0.133. The monoisotopic (exact) mass is 247 g/mol. The van der Waals surface area contributed by atoms with Crippen LogP contribution in [0.1, 0.15) is 21.7 Å². The highest BCUT2D eigenvalue weighted by molar-refractivity contribution is 5.93. The maximum absolute atomic E-state index is 11.1. The Morgan fingerprint density at radius 2 is 2.28 bits per heavy atom. The molecule has 0 aliphatic rings. The quantitative estimate of drug-likeness (QED) is 0.886. The first-order chi connectivity index (χ1) is 8.59. The molecule has 0 spiro atoms. The highest BCUT2D eigenvalue weighted by Crippen LogP contribution is 2.19. The number of nitrogens with zero attached hydrogens (tertiary/aromatic N) is 3. The number of carboxylic acids is 1. The molecule has 0 aliphatic heterocycles. The van der Waals surface area contributed by atoms with Gasteiger partial charge in [-0.1, -0.05) is 0 Å². The average Bonchev–Trinajstić information content (AvgIpc) is 2.75. The molecule has 0 unspecified atom stereocenters. The van der Waals surface area contributed by atoms with E-state index in [1.165, 1.54) is 12.3 Å². The predicted octanol–water partition coefficient (Wildman–Crippen LogP) is 1.71. The van der Waals surface area contributed by atoms with Crippen molar-refractivity contribution < 1.29 is 14.3 Å². The molecule has 0 amide bonds. The van der Waals surface area contributed by atoms with Gasteiger partial charge in [0.05, 0.1) is 12.5 Å². The maximum atomic E-state index is 11.1. The third kappa shape index (κ3) is 2.32. The molecule has 2 aromatic heterocycles. The summed E-state index contributed by atoms with van der Waals surface area (Å²) in [5.74, 6) is 0.129. The van der Waals surface area contributed by atoms with Gasteiger partial charge in [-0.15, -0.1) is 5.10 Å². The zero-order valence-corrected chi connectivity index (χ0v) is 10.1. The smallest absolute Gasteiger partial charge is 0.339 e. The van der Waals surface area contributed by atoms with Crippen LogP contribution in [0.25, 0.3) is 0 Å². The Kier molecular flexibility index (Phi) is 3.27. The molecule has 0 aromatic carbocycles. The Labute approximate surface area is 104 Å². The Balaban J connectivity index is 2.26. The maximum Gasteiger partial charge on any atom is 0.339 e. The number of carboxylic acid groups (broad SMARTS) is 1. The molecule has 6 nitrogen and oxygen atoms in total. The van der Waals surface area contributed by atoms with Gasteiger partial charge in [0.15, 0.2) is 5.82 Å². The normalized spacial score (nSPS) is 10.3. The van der Waals surface area contributed by atoms with Crippen LogP contribution in [0.2, 0.25) is 0 Å². The number of rotatable bonds is 4. The van der Waals surface area contributed by atoms with Gasteiger partial charge in [0.25, 0.3) is 0 Å². The third-order valence-corrected chi connectivity index (χ3v) is 2.67. The van der Waals surface area contributed by atoms with Gasteiger partial charge in [-0.05, 0) is 19.1 Å². The summed E-state index contributed by atoms with van der Waals surface area (Å²) in [6.45, 7) is 2.37. The number of anilines is 1. The topological polar surface area (TPSA) is 79.5 Å². The molecule has 0 atom stereocenters. The SMILES string of the molecule is Cc1occc1CN(C)c1nnccc1C(=O)O. The van der Waals surface area contributed by atoms with Crippen LogP contribution in [0, 0.1) is 6.92 Å². The zero-order chi connectivity index (χ0) is 13.1. The van der Waals surface area contributed by atoms with Gasteiger partial charge < -0.3 is 14.4 Å². The van der Waals surface area contributed by atoms with Crippen LogP contribution < -0.4 is 4.90 Å². The van der Waals surface area contributed by atoms with Crippen molar-refractivity contribution in [3.8, 4) is 0 Å². The van der Waals surface area contributed by atoms with Crippen molar-refractivity contribution >= 4 is 11.8 Å². The minimum Gasteiger partial charge on any atom is -0.478 e. The van der Waals surface area contributed by atoms with Crippen LogP contribution in [0.4, 0.5) is 5.82 Å². The highest BCUT2D eigenvalue weighted by Gasteiger charge is 2.16. The second-order valence-electron chi connectivity index (χ2n) is 3.93. The van der Waals surface area contributed by atoms with Crippen LogP contribution in [0.3, 0.4) is 0 Å². The van der Waals surface area contributed by atoms with Gasteiger partial charge in [0, 0.05) is 19.2 Å². The van der Waals surface area contributed by atoms with E-state index in [0.717, 1.165) is 11.3 Å². The molecule has 0 saturated heterocycles. The van der Waals surface area contributed by atoms with Crippen LogP contribution in [0.5, 0.6) is 0 Å². The lowest BCUT2D eigenvalue weighted by molar-refractivity contribution is 0.0697. The van der Waals surface area contributed by atoms with Crippen LogP contribution >= 0.6 is 0 Å². The first kappa shape index (κ1) is 12.1. The number of aryl methyl sites for hydroxylation is 1. The average molecular weight is 247 g/mol. The lowest BCUT2D eigenvalue weighted by Crippen LogP contribution is -2.21. The molecule has 1 N–H and O–H groups in total. The number of carbonyl (C=O) groups is 1. The van der Waals surface area contributed by atoms with Crippen molar-refractivity contribution in [2.75, 3.05) is 11.9 Å². The first-order valence-electron chi connectivity index (χ1n) is 5.38. The van der Waals surface area contributed by atoms with E-state index >= 15 is 0 Å². The highest BCUT2D eigenvalue weighted by atomic mass is 16.4. The van der Waals surface area contributed by atoms with E-state index < -0.39 is 5.97 Å². The fourth-order valence-electron chi connectivity index (χ4n) is 1.68. The fourth-order valence-corrected chi connectivity index (χ4v) is 1.68. The lowest BCUT2D eigenvalue weighted by Gasteiger charge is -2.18. The van der Waals surface area contributed by atoms with Gasteiger partial charge in [-0.25, -0.2) is 4.79 Å². The van der Waals surface area contributed by atoms with E-state index in [9.17, 15) is 4.79 Å². The second-order valence-corrected chi connectivity index (χ2v) is 3.93. The number of aromatic carboxylic acids is 1. The van der Waals surface area contributed by atoms with E-state index in [2.05, 4.69) is 10.2 Å². The summed E-state index contributed by atoms with van der Waals surface area (Å²) >= 11 is 0. The second kappa shape index (κ2) is 4.87. The van der Waals surface area contributed by atoms with Crippen LogP contribution in [-0.2, 0) is 6.54 Å². The van der Waals surface area contributed by atoms with Crippen molar-refractivity contribution in [3.05, 3.63) is 41.5 Å².